The molecule has 16 heteroatoms. The van der Waals surface area contributed by atoms with Gasteiger partial charge in [-0.2, -0.15) is 61.5 Å². The molecule has 0 amide bonds. The lowest BCUT2D eigenvalue weighted by molar-refractivity contribution is -0.507. The quantitative estimate of drug-likeness (QED) is 0.178. The van der Waals surface area contributed by atoms with E-state index in [9.17, 15) is 66.6 Å². The topological polar surface area (TPSA) is 29.5 Å². The van der Waals surface area contributed by atoms with Crippen LogP contribution < -0.4 is 0 Å². The van der Waals surface area contributed by atoms with Gasteiger partial charge in [0.1, 0.15) is 0 Å². The summed E-state index contributed by atoms with van der Waals surface area (Å²) in [5, 5.41) is 10.2. The normalized spacial score (nSPS) is 35.3. The molecule has 6 atom stereocenters. The second-order valence-electron chi connectivity index (χ2n) is 12.7. The van der Waals surface area contributed by atoms with Crippen LogP contribution in [0, 0.1) is 28.6 Å². The Balaban J connectivity index is 1.84. The Morgan fingerprint density at radius 1 is 0.714 bits per heavy atom. The number of hydrogen-bond acceptors (Lipinski definition) is 2. The van der Waals surface area contributed by atoms with Gasteiger partial charge in [0.15, 0.2) is 0 Å². The first-order chi connectivity index (χ1) is 18.7. The van der Waals surface area contributed by atoms with Gasteiger partial charge in [-0.3, -0.25) is 0 Å². The third-order valence-electron chi connectivity index (χ3n) is 10.5. The molecule has 0 bridgehead atoms. The summed E-state index contributed by atoms with van der Waals surface area (Å²) in [4.78, 5) is 0. The maximum Gasteiger partial charge on any atom is 0.460 e. The van der Waals surface area contributed by atoms with Gasteiger partial charge >= 0.3 is 41.8 Å². The zero-order valence-electron chi connectivity index (χ0n) is 22.4. The first-order valence-electron chi connectivity index (χ1n) is 13.5. The van der Waals surface area contributed by atoms with Gasteiger partial charge in [-0.1, -0.05) is 25.5 Å². The fourth-order valence-electron chi connectivity index (χ4n) is 8.22. The molecule has 0 spiro atoms. The summed E-state index contributed by atoms with van der Waals surface area (Å²) in [6, 6.07) is 0. The Labute approximate surface area is 231 Å². The van der Waals surface area contributed by atoms with E-state index < -0.39 is 77.0 Å². The molecule has 4 rings (SSSR count). The number of rotatable bonds is 6. The Kier molecular flexibility index (Phi) is 7.67. The van der Waals surface area contributed by atoms with E-state index in [1.807, 2.05) is 13.0 Å². The number of ether oxygens (including phenoxy) is 1. The minimum absolute atomic E-state index is 0.0798. The molecule has 0 aliphatic heterocycles. The van der Waals surface area contributed by atoms with Crippen molar-refractivity contribution in [1.29, 1.82) is 0 Å². The number of aliphatic hydroxyl groups is 1. The van der Waals surface area contributed by atoms with Crippen molar-refractivity contribution in [2.45, 2.75) is 120 Å². The summed E-state index contributed by atoms with van der Waals surface area (Å²) in [5.74, 6) is -39.9. The fourth-order valence-corrected chi connectivity index (χ4v) is 8.22. The molecule has 244 valence electrons. The van der Waals surface area contributed by atoms with Gasteiger partial charge in [0.2, 0.25) is 0 Å². The highest BCUT2D eigenvalue weighted by Gasteiger charge is 2.93. The van der Waals surface area contributed by atoms with Crippen LogP contribution in [0.15, 0.2) is 11.6 Å². The van der Waals surface area contributed by atoms with Crippen molar-refractivity contribution >= 4 is 0 Å². The van der Waals surface area contributed by atoms with Crippen molar-refractivity contribution in [3.05, 3.63) is 11.6 Å². The number of allylic oxidation sites excluding steroid dienone is 2. The molecule has 2 nitrogen and oxygen atoms in total. The highest BCUT2D eigenvalue weighted by Crippen LogP contribution is 2.68. The molecular weight excluding hydrogens is 610 g/mol. The molecule has 0 aromatic carbocycles. The van der Waals surface area contributed by atoms with Gasteiger partial charge in [-0.15, -0.1) is 0 Å². The second-order valence-corrected chi connectivity index (χ2v) is 12.7. The maximum atomic E-state index is 14.9. The minimum atomic E-state index is -7.71. The van der Waals surface area contributed by atoms with Gasteiger partial charge in [0, 0.05) is 0 Å². The Hall–Kier alpha value is -1.32. The Morgan fingerprint density at radius 2 is 1.21 bits per heavy atom. The third-order valence-corrected chi connectivity index (χ3v) is 10.5. The largest absolute Gasteiger partial charge is 0.460 e. The van der Waals surface area contributed by atoms with Crippen LogP contribution in [-0.2, 0) is 4.74 Å². The van der Waals surface area contributed by atoms with E-state index in [0.717, 1.165) is 18.4 Å². The van der Waals surface area contributed by atoms with Crippen LogP contribution in [0.2, 0.25) is 0 Å². The summed E-state index contributed by atoms with van der Waals surface area (Å²) in [6.07, 6.45) is -12.1. The van der Waals surface area contributed by atoms with E-state index in [4.69, 9.17) is 0 Å². The van der Waals surface area contributed by atoms with Crippen LogP contribution in [-0.4, -0.2) is 53.0 Å². The summed E-state index contributed by atoms with van der Waals surface area (Å²) in [7, 11) is 0. The zero-order valence-corrected chi connectivity index (χ0v) is 22.4. The molecule has 3 saturated carbocycles. The lowest BCUT2D eigenvalue weighted by Gasteiger charge is -2.58. The zero-order chi connectivity index (χ0) is 32.2. The molecular formula is C26H30F14O2. The molecule has 42 heavy (non-hydrogen) atoms. The number of alkyl halides is 14. The van der Waals surface area contributed by atoms with Crippen molar-refractivity contribution in [3.63, 3.8) is 0 Å². The highest BCUT2D eigenvalue weighted by atomic mass is 19.4. The SMILES string of the molecule is C[C@@]12CCC(OC(O)(C(F)(F)C(F)(F)C(F)(F)F)C(F)(F)C(F)(F)C(F)(F)F)[C@H]1[C@@H]1CCC3=CCCC[C@]3(C)[C@H]1CC2. The van der Waals surface area contributed by atoms with E-state index in [1.165, 1.54) is 0 Å². The molecule has 0 saturated heterocycles. The van der Waals surface area contributed by atoms with Crippen LogP contribution in [0.4, 0.5) is 61.5 Å². The first-order valence-corrected chi connectivity index (χ1v) is 13.5. The minimum Gasteiger partial charge on any atom is -0.356 e. The third kappa shape index (κ3) is 4.33. The molecule has 3 fully saturated rings. The average Bonchev–Trinajstić information content (AvgIpc) is 3.17. The first kappa shape index (κ1) is 33.6. The van der Waals surface area contributed by atoms with Crippen LogP contribution in [0.3, 0.4) is 0 Å². The van der Waals surface area contributed by atoms with Gasteiger partial charge in [-0.05, 0) is 86.4 Å². The lowest BCUT2D eigenvalue weighted by atomic mass is 9.47. The van der Waals surface area contributed by atoms with Crippen molar-refractivity contribution in [2.75, 3.05) is 0 Å². The van der Waals surface area contributed by atoms with E-state index in [-0.39, 0.29) is 25.2 Å². The monoisotopic (exact) mass is 640 g/mol. The maximum absolute atomic E-state index is 14.9. The number of fused-ring (bicyclic) bond motifs is 5. The molecule has 0 heterocycles. The predicted molar refractivity (Wildman–Crippen MR) is 118 cm³/mol. The molecule has 4 aliphatic carbocycles. The second kappa shape index (κ2) is 9.59. The summed E-state index contributed by atoms with van der Waals surface area (Å²) < 4.78 is 198. The molecule has 0 radical (unpaired) electrons. The van der Waals surface area contributed by atoms with Gasteiger partial charge in [0.05, 0.1) is 6.10 Å². The van der Waals surface area contributed by atoms with Crippen molar-refractivity contribution < 1.29 is 71.3 Å². The van der Waals surface area contributed by atoms with Crippen LogP contribution in [0.5, 0.6) is 0 Å². The lowest BCUT2D eigenvalue weighted by Crippen LogP contribution is -2.77. The Bertz CT molecular complexity index is 1040. The van der Waals surface area contributed by atoms with E-state index in [2.05, 4.69) is 4.74 Å². The highest BCUT2D eigenvalue weighted by molar-refractivity contribution is 5.24. The van der Waals surface area contributed by atoms with Gasteiger partial charge < -0.3 is 9.84 Å². The van der Waals surface area contributed by atoms with Crippen LogP contribution >= 0.6 is 0 Å². The smallest absolute Gasteiger partial charge is 0.356 e. The van der Waals surface area contributed by atoms with Crippen molar-refractivity contribution in [3.8, 4) is 0 Å². The Morgan fingerprint density at radius 3 is 1.71 bits per heavy atom. The van der Waals surface area contributed by atoms with Crippen LogP contribution in [0.25, 0.3) is 0 Å². The summed E-state index contributed by atoms with van der Waals surface area (Å²) in [6.45, 7) is 3.48. The van der Waals surface area contributed by atoms with Gasteiger partial charge in [0.25, 0.3) is 0 Å². The number of halogens is 14. The van der Waals surface area contributed by atoms with E-state index in [1.54, 1.807) is 6.92 Å². The molecule has 1 unspecified atom stereocenters. The van der Waals surface area contributed by atoms with Crippen molar-refractivity contribution in [2.24, 2.45) is 28.6 Å². The van der Waals surface area contributed by atoms with E-state index in [0.29, 0.717) is 19.3 Å². The van der Waals surface area contributed by atoms with Gasteiger partial charge in [-0.25, -0.2) is 0 Å². The van der Waals surface area contributed by atoms with Crippen LogP contribution in [0.1, 0.15) is 71.6 Å². The molecule has 0 aromatic heterocycles. The summed E-state index contributed by atoms with van der Waals surface area (Å²) in [5.41, 5.74) is -0.381. The van der Waals surface area contributed by atoms with E-state index >= 15 is 0 Å². The number of hydrogen-bond donors (Lipinski definition) is 1. The average molecular weight is 640 g/mol. The van der Waals surface area contributed by atoms with Crippen molar-refractivity contribution in [1.82, 2.24) is 0 Å². The molecule has 0 aromatic rings. The molecule has 4 aliphatic rings. The molecule has 1 N–H and O–H groups in total. The summed E-state index contributed by atoms with van der Waals surface area (Å²) >= 11 is 0. The predicted octanol–water partition coefficient (Wildman–Crippen LogP) is 9.08. The fraction of sp³-hybridized carbons (Fsp3) is 0.923. The standard InChI is InChI=1S/C26H30F14O2/c1-18-11-8-15-14(7-6-13-5-3-4-10-19(13,15)2)17(18)16(9-12-18)42-24(41,20(27,28)22(31,32)25(35,36)37)21(29,30)23(33,34)26(38,39)40/h5,14-17,41H,3-4,6-12H2,1-2H3/t14-,15+,16?,17-,18-,19+/m1/s1.